The zero-order chi connectivity index (χ0) is 11.7. The molecule has 0 saturated heterocycles. The van der Waals surface area contributed by atoms with E-state index in [0.717, 1.165) is 0 Å². The van der Waals surface area contributed by atoms with Gasteiger partial charge in [-0.3, -0.25) is 9.59 Å². The van der Waals surface area contributed by atoms with E-state index in [4.69, 9.17) is 0 Å². The Balaban J connectivity index is 2.71. The van der Waals surface area contributed by atoms with E-state index < -0.39 is 0 Å². The van der Waals surface area contributed by atoms with Crippen LogP contribution in [0.3, 0.4) is 0 Å². The molecule has 80 valence electrons. The van der Waals surface area contributed by atoms with E-state index in [9.17, 15) is 9.59 Å². The standard InChI is InChI=1S/C14H12O2/c1-3-9-10(4-2)14(16)12-8-6-5-7-11(12)13(9)15/h3,5-8H,1,4H2,2H3. The van der Waals surface area contributed by atoms with Gasteiger partial charge in [-0.25, -0.2) is 0 Å². The number of benzene rings is 1. The Morgan fingerprint density at radius 2 is 1.69 bits per heavy atom. The van der Waals surface area contributed by atoms with Crippen LogP contribution in [-0.4, -0.2) is 11.6 Å². The van der Waals surface area contributed by atoms with Crippen molar-refractivity contribution in [1.29, 1.82) is 0 Å². The third-order valence-electron chi connectivity index (χ3n) is 2.82. The van der Waals surface area contributed by atoms with Gasteiger partial charge >= 0.3 is 0 Å². The lowest BCUT2D eigenvalue weighted by Crippen LogP contribution is -2.20. The molecule has 0 fully saturated rings. The minimum atomic E-state index is -0.0953. The quantitative estimate of drug-likeness (QED) is 0.755. The molecule has 0 heterocycles. The van der Waals surface area contributed by atoms with E-state index in [1.54, 1.807) is 24.3 Å². The Morgan fingerprint density at radius 3 is 2.19 bits per heavy atom. The van der Waals surface area contributed by atoms with E-state index in [1.165, 1.54) is 6.08 Å². The van der Waals surface area contributed by atoms with E-state index in [0.29, 0.717) is 28.7 Å². The maximum atomic E-state index is 12.1. The molecule has 0 unspecified atom stereocenters. The molecule has 0 amide bonds. The molecule has 1 aliphatic carbocycles. The second kappa shape index (κ2) is 3.89. The SMILES string of the molecule is C=CC1=C(CC)C(=O)c2ccccc2C1=O. The molecular formula is C14H12O2. The predicted octanol–water partition coefficient (Wildman–Crippen LogP) is 2.96. The van der Waals surface area contributed by atoms with E-state index in [1.807, 2.05) is 6.92 Å². The molecule has 1 aromatic carbocycles. The largest absolute Gasteiger partial charge is 0.289 e. The zero-order valence-electron chi connectivity index (χ0n) is 9.12. The van der Waals surface area contributed by atoms with E-state index in [2.05, 4.69) is 6.58 Å². The summed E-state index contributed by atoms with van der Waals surface area (Å²) in [5.41, 5.74) is 2.01. The average molecular weight is 212 g/mol. The molecule has 0 aromatic heterocycles. The minimum absolute atomic E-state index is 0.0485. The van der Waals surface area contributed by atoms with Crippen LogP contribution in [0.1, 0.15) is 34.1 Å². The fourth-order valence-electron chi connectivity index (χ4n) is 2.01. The summed E-state index contributed by atoms with van der Waals surface area (Å²) in [6.45, 7) is 5.48. The molecule has 0 saturated carbocycles. The number of rotatable bonds is 2. The predicted molar refractivity (Wildman–Crippen MR) is 62.6 cm³/mol. The number of carbonyl (C=O) groups is 2. The number of Topliss-reactive ketones (excluding diaryl/α,β-unsaturated/α-hetero) is 2. The first-order valence-corrected chi connectivity index (χ1v) is 5.24. The highest BCUT2D eigenvalue weighted by Gasteiger charge is 2.28. The van der Waals surface area contributed by atoms with Gasteiger partial charge < -0.3 is 0 Å². The molecule has 1 aliphatic rings. The molecule has 0 N–H and O–H groups in total. The molecule has 1 aromatic rings. The molecule has 0 radical (unpaired) electrons. The van der Waals surface area contributed by atoms with Gasteiger partial charge in [0.25, 0.3) is 0 Å². The van der Waals surface area contributed by atoms with E-state index >= 15 is 0 Å². The Morgan fingerprint density at radius 1 is 1.12 bits per heavy atom. The van der Waals surface area contributed by atoms with Crippen LogP contribution < -0.4 is 0 Å². The number of fused-ring (bicyclic) bond motifs is 1. The molecule has 16 heavy (non-hydrogen) atoms. The number of hydrogen-bond acceptors (Lipinski definition) is 2. The summed E-state index contributed by atoms with van der Waals surface area (Å²) in [4.78, 5) is 24.2. The van der Waals surface area contributed by atoms with Crippen molar-refractivity contribution in [3.05, 3.63) is 59.2 Å². The van der Waals surface area contributed by atoms with Crippen molar-refractivity contribution in [3.8, 4) is 0 Å². The molecule has 2 nitrogen and oxygen atoms in total. The van der Waals surface area contributed by atoms with Crippen molar-refractivity contribution in [2.24, 2.45) is 0 Å². The summed E-state index contributed by atoms with van der Waals surface area (Å²) >= 11 is 0. The van der Waals surface area contributed by atoms with Crippen molar-refractivity contribution in [2.75, 3.05) is 0 Å². The van der Waals surface area contributed by atoms with Crippen LogP contribution in [0.15, 0.2) is 48.1 Å². The van der Waals surface area contributed by atoms with Gasteiger partial charge in [-0.2, -0.15) is 0 Å². The first-order chi connectivity index (χ1) is 7.70. The molecule has 2 heteroatoms. The van der Waals surface area contributed by atoms with Crippen LogP contribution in [0, 0.1) is 0 Å². The van der Waals surface area contributed by atoms with Crippen molar-refractivity contribution in [3.63, 3.8) is 0 Å². The topological polar surface area (TPSA) is 34.1 Å². The van der Waals surface area contributed by atoms with Crippen molar-refractivity contribution in [1.82, 2.24) is 0 Å². The van der Waals surface area contributed by atoms with Crippen LogP contribution in [-0.2, 0) is 0 Å². The maximum absolute atomic E-state index is 12.1. The summed E-state index contributed by atoms with van der Waals surface area (Å²) in [5, 5.41) is 0. The fourth-order valence-corrected chi connectivity index (χ4v) is 2.01. The third-order valence-corrected chi connectivity index (χ3v) is 2.82. The molecule has 0 atom stereocenters. The maximum Gasteiger partial charge on any atom is 0.194 e. The van der Waals surface area contributed by atoms with Crippen LogP contribution in [0.25, 0.3) is 0 Å². The Labute approximate surface area is 94.3 Å². The van der Waals surface area contributed by atoms with Crippen molar-refractivity contribution >= 4 is 11.6 Å². The summed E-state index contributed by atoms with van der Waals surface area (Å²) in [5.74, 6) is -0.144. The minimum Gasteiger partial charge on any atom is -0.289 e. The second-order valence-corrected chi connectivity index (χ2v) is 3.65. The average Bonchev–Trinajstić information content (AvgIpc) is 2.33. The lowest BCUT2D eigenvalue weighted by atomic mass is 9.83. The van der Waals surface area contributed by atoms with Crippen molar-refractivity contribution in [2.45, 2.75) is 13.3 Å². The number of hydrogen-bond donors (Lipinski definition) is 0. The first-order valence-electron chi connectivity index (χ1n) is 5.24. The van der Waals surface area contributed by atoms with Gasteiger partial charge in [0.15, 0.2) is 11.6 Å². The van der Waals surface area contributed by atoms with Gasteiger partial charge in [0.05, 0.1) is 0 Å². The highest BCUT2D eigenvalue weighted by atomic mass is 16.1. The summed E-state index contributed by atoms with van der Waals surface area (Å²) in [6.07, 6.45) is 2.04. The zero-order valence-corrected chi connectivity index (χ0v) is 9.12. The molecule has 0 bridgehead atoms. The van der Waals surface area contributed by atoms with E-state index in [-0.39, 0.29) is 11.6 Å². The van der Waals surface area contributed by atoms with Gasteiger partial charge in [-0.05, 0) is 6.42 Å². The number of carbonyl (C=O) groups excluding carboxylic acids is 2. The van der Waals surface area contributed by atoms with Gasteiger partial charge in [0, 0.05) is 22.3 Å². The molecule has 0 aliphatic heterocycles. The van der Waals surface area contributed by atoms with Gasteiger partial charge in [-0.1, -0.05) is 43.8 Å². The van der Waals surface area contributed by atoms with Crippen molar-refractivity contribution < 1.29 is 9.59 Å². The number of allylic oxidation sites excluding steroid dienone is 3. The Hall–Kier alpha value is -1.96. The van der Waals surface area contributed by atoms with Gasteiger partial charge in [0.2, 0.25) is 0 Å². The van der Waals surface area contributed by atoms with Gasteiger partial charge in [0.1, 0.15) is 0 Å². The lowest BCUT2D eigenvalue weighted by molar-refractivity contribution is 0.0975. The third kappa shape index (κ3) is 1.34. The summed E-state index contributed by atoms with van der Waals surface area (Å²) in [7, 11) is 0. The normalized spacial score (nSPS) is 15.1. The second-order valence-electron chi connectivity index (χ2n) is 3.65. The Bertz CT molecular complexity index is 521. The highest BCUT2D eigenvalue weighted by molar-refractivity contribution is 6.27. The van der Waals surface area contributed by atoms with Crippen LogP contribution in [0.4, 0.5) is 0 Å². The summed E-state index contributed by atoms with van der Waals surface area (Å²) in [6, 6.07) is 6.93. The first kappa shape index (κ1) is 10.6. The summed E-state index contributed by atoms with van der Waals surface area (Å²) < 4.78 is 0. The van der Waals surface area contributed by atoms with Crippen LogP contribution in [0.2, 0.25) is 0 Å². The Kier molecular flexibility index (Phi) is 2.57. The monoisotopic (exact) mass is 212 g/mol. The number of ketones is 2. The molecule has 0 spiro atoms. The van der Waals surface area contributed by atoms with Gasteiger partial charge in [-0.15, -0.1) is 0 Å². The fraction of sp³-hybridized carbons (Fsp3) is 0.143. The smallest absolute Gasteiger partial charge is 0.194 e. The molecule has 2 rings (SSSR count). The van der Waals surface area contributed by atoms with Crippen LogP contribution >= 0.6 is 0 Å². The molecular weight excluding hydrogens is 200 g/mol. The van der Waals surface area contributed by atoms with Crippen LogP contribution in [0.5, 0.6) is 0 Å². The highest BCUT2D eigenvalue weighted by Crippen LogP contribution is 2.28. The lowest BCUT2D eigenvalue weighted by Gasteiger charge is -2.17.